The van der Waals surface area contributed by atoms with Gasteiger partial charge in [-0.25, -0.2) is 9.97 Å². The molecule has 0 radical (unpaired) electrons. The van der Waals surface area contributed by atoms with Crippen molar-refractivity contribution in [1.29, 1.82) is 0 Å². The monoisotopic (exact) mass is 282 g/mol. The number of anilines is 2. The smallest absolute Gasteiger partial charge is 0.275 e. The Morgan fingerprint density at radius 2 is 2.00 bits per heavy atom. The van der Waals surface area contributed by atoms with Gasteiger partial charge >= 0.3 is 0 Å². The predicted molar refractivity (Wildman–Crippen MR) is 82.6 cm³/mol. The number of aromatic nitrogens is 2. The lowest BCUT2D eigenvalue weighted by Crippen LogP contribution is -2.17. The predicted octanol–water partition coefficient (Wildman–Crippen LogP) is 2.65. The van der Waals surface area contributed by atoms with Crippen molar-refractivity contribution in [1.82, 2.24) is 9.97 Å². The zero-order valence-electron chi connectivity index (χ0n) is 12.0. The molecular weight excluding hydrogens is 264 g/mol. The number of nitrogens with zero attached hydrogens (tertiary/aromatic N) is 2. The number of fused-ring (bicyclic) bond motifs is 1. The number of benzene rings is 1. The Kier molecular flexibility index (Phi) is 3.81. The molecule has 108 valence electrons. The van der Waals surface area contributed by atoms with E-state index >= 15 is 0 Å². The third-order valence-electron chi connectivity index (χ3n) is 3.78. The van der Waals surface area contributed by atoms with Crippen molar-refractivity contribution in [2.45, 2.75) is 25.7 Å². The third kappa shape index (κ3) is 2.86. The first-order chi connectivity index (χ1) is 10.3. The SMILES string of the molecule is CNc1cnc(C(=O)Nc2cccc3c2CCCC3)cn1. The summed E-state index contributed by atoms with van der Waals surface area (Å²) in [7, 11) is 1.76. The minimum atomic E-state index is -0.218. The molecule has 0 spiro atoms. The third-order valence-corrected chi connectivity index (χ3v) is 3.78. The molecule has 0 saturated carbocycles. The Morgan fingerprint density at radius 1 is 1.14 bits per heavy atom. The van der Waals surface area contributed by atoms with Crippen LogP contribution in [0.1, 0.15) is 34.5 Å². The first-order valence-electron chi connectivity index (χ1n) is 7.20. The minimum absolute atomic E-state index is 0.218. The van der Waals surface area contributed by atoms with Crippen molar-refractivity contribution in [3.05, 3.63) is 47.4 Å². The first kappa shape index (κ1) is 13.5. The van der Waals surface area contributed by atoms with E-state index in [1.807, 2.05) is 12.1 Å². The number of hydrogen-bond donors (Lipinski definition) is 2. The number of hydrogen-bond acceptors (Lipinski definition) is 4. The van der Waals surface area contributed by atoms with Gasteiger partial charge in [-0.15, -0.1) is 0 Å². The fraction of sp³-hybridized carbons (Fsp3) is 0.312. The number of carbonyl (C=O) groups excluding carboxylic acids is 1. The summed E-state index contributed by atoms with van der Waals surface area (Å²) in [6.45, 7) is 0. The maximum absolute atomic E-state index is 12.3. The molecule has 0 saturated heterocycles. The van der Waals surface area contributed by atoms with Gasteiger partial charge in [-0.3, -0.25) is 4.79 Å². The summed E-state index contributed by atoms with van der Waals surface area (Å²) in [5.74, 6) is 0.424. The number of rotatable bonds is 3. The van der Waals surface area contributed by atoms with E-state index in [0.29, 0.717) is 11.5 Å². The molecule has 5 nitrogen and oxygen atoms in total. The summed E-state index contributed by atoms with van der Waals surface area (Å²) < 4.78 is 0. The largest absolute Gasteiger partial charge is 0.372 e. The molecule has 0 aliphatic heterocycles. The standard InChI is InChI=1S/C16H18N4O/c1-17-15-10-18-14(9-19-15)16(21)20-13-8-4-6-11-5-2-3-7-12(11)13/h4,6,8-10H,2-3,5,7H2,1H3,(H,17,19)(H,20,21). The highest BCUT2D eigenvalue weighted by Crippen LogP contribution is 2.28. The van der Waals surface area contributed by atoms with Crippen LogP contribution in [0.25, 0.3) is 0 Å². The Labute approximate surface area is 123 Å². The van der Waals surface area contributed by atoms with Gasteiger partial charge in [-0.2, -0.15) is 0 Å². The van der Waals surface area contributed by atoms with Crippen LogP contribution in [0.3, 0.4) is 0 Å². The molecule has 0 unspecified atom stereocenters. The Hall–Kier alpha value is -2.43. The zero-order valence-corrected chi connectivity index (χ0v) is 12.0. The van der Waals surface area contributed by atoms with Crippen LogP contribution in [-0.4, -0.2) is 22.9 Å². The van der Waals surface area contributed by atoms with E-state index in [9.17, 15) is 4.79 Å². The number of carbonyl (C=O) groups is 1. The fourth-order valence-corrected chi connectivity index (χ4v) is 2.66. The lowest BCUT2D eigenvalue weighted by Gasteiger charge is -2.19. The summed E-state index contributed by atoms with van der Waals surface area (Å²) >= 11 is 0. The molecule has 1 aromatic heterocycles. The van der Waals surface area contributed by atoms with Gasteiger partial charge in [-0.05, 0) is 42.9 Å². The molecule has 2 aromatic rings. The fourth-order valence-electron chi connectivity index (χ4n) is 2.66. The van der Waals surface area contributed by atoms with Crippen molar-refractivity contribution in [3.63, 3.8) is 0 Å². The molecule has 1 aromatic carbocycles. The lowest BCUT2D eigenvalue weighted by molar-refractivity contribution is 0.102. The molecule has 0 bridgehead atoms. The van der Waals surface area contributed by atoms with Crippen molar-refractivity contribution in [3.8, 4) is 0 Å². The van der Waals surface area contributed by atoms with E-state index in [-0.39, 0.29) is 5.91 Å². The highest BCUT2D eigenvalue weighted by molar-refractivity contribution is 6.03. The number of amides is 1. The van der Waals surface area contributed by atoms with Crippen LogP contribution in [0.15, 0.2) is 30.6 Å². The highest BCUT2D eigenvalue weighted by Gasteiger charge is 2.15. The van der Waals surface area contributed by atoms with Gasteiger partial charge in [0.15, 0.2) is 0 Å². The molecule has 2 N–H and O–H groups in total. The molecule has 0 fully saturated rings. The van der Waals surface area contributed by atoms with Crippen LogP contribution >= 0.6 is 0 Å². The molecular formula is C16H18N4O. The molecule has 3 rings (SSSR count). The van der Waals surface area contributed by atoms with Gasteiger partial charge in [-0.1, -0.05) is 12.1 Å². The van der Waals surface area contributed by atoms with Gasteiger partial charge in [0.25, 0.3) is 5.91 Å². The van der Waals surface area contributed by atoms with Crippen LogP contribution in [0.5, 0.6) is 0 Å². The highest BCUT2D eigenvalue weighted by atomic mass is 16.1. The number of aryl methyl sites for hydroxylation is 1. The maximum Gasteiger partial charge on any atom is 0.275 e. The van der Waals surface area contributed by atoms with E-state index in [2.05, 4.69) is 26.7 Å². The summed E-state index contributed by atoms with van der Waals surface area (Å²) in [5.41, 5.74) is 3.83. The summed E-state index contributed by atoms with van der Waals surface area (Å²) in [6.07, 6.45) is 7.55. The maximum atomic E-state index is 12.3. The quantitative estimate of drug-likeness (QED) is 0.908. The Balaban J connectivity index is 1.81. The second kappa shape index (κ2) is 5.91. The van der Waals surface area contributed by atoms with Crippen molar-refractivity contribution < 1.29 is 4.79 Å². The van der Waals surface area contributed by atoms with Crippen LogP contribution in [0, 0.1) is 0 Å². The van der Waals surface area contributed by atoms with E-state index in [1.54, 1.807) is 13.2 Å². The summed E-state index contributed by atoms with van der Waals surface area (Å²) in [5, 5.41) is 5.84. The van der Waals surface area contributed by atoms with Gasteiger partial charge in [0, 0.05) is 12.7 Å². The second-order valence-electron chi connectivity index (χ2n) is 5.14. The normalized spacial score (nSPS) is 13.4. The molecule has 1 heterocycles. The molecule has 0 atom stereocenters. The second-order valence-corrected chi connectivity index (χ2v) is 5.14. The summed E-state index contributed by atoms with van der Waals surface area (Å²) in [4.78, 5) is 20.5. The van der Waals surface area contributed by atoms with E-state index in [0.717, 1.165) is 18.5 Å². The topological polar surface area (TPSA) is 66.9 Å². The van der Waals surface area contributed by atoms with Crippen LogP contribution in [-0.2, 0) is 12.8 Å². The van der Waals surface area contributed by atoms with Crippen LogP contribution in [0.2, 0.25) is 0 Å². The van der Waals surface area contributed by atoms with E-state index < -0.39 is 0 Å². The van der Waals surface area contributed by atoms with E-state index in [1.165, 1.54) is 30.2 Å². The molecule has 1 aliphatic carbocycles. The number of nitrogens with one attached hydrogen (secondary N) is 2. The molecule has 5 heteroatoms. The Bertz CT molecular complexity index is 652. The lowest BCUT2D eigenvalue weighted by atomic mass is 9.90. The zero-order chi connectivity index (χ0) is 14.7. The van der Waals surface area contributed by atoms with Gasteiger partial charge < -0.3 is 10.6 Å². The van der Waals surface area contributed by atoms with E-state index in [4.69, 9.17) is 0 Å². The average Bonchev–Trinajstić information content (AvgIpc) is 2.55. The van der Waals surface area contributed by atoms with Gasteiger partial charge in [0.05, 0.1) is 12.4 Å². The van der Waals surface area contributed by atoms with Crippen molar-refractivity contribution >= 4 is 17.4 Å². The van der Waals surface area contributed by atoms with Crippen molar-refractivity contribution in [2.24, 2.45) is 0 Å². The Morgan fingerprint density at radius 3 is 2.76 bits per heavy atom. The van der Waals surface area contributed by atoms with Crippen molar-refractivity contribution in [2.75, 3.05) is 17.7 Å². The van der Waals surface area contributed by atoms with Gasteiger partial charge in [0.2, 0.25) is 0 Å². The summed E-state index contributed by atoms with van der Waals surface area (Å²) in [6, 6.07) is 6.10. The molecule has 21 heavy (non-hydrogen) atoms. The average molecular weight is 282 g/mol. The molecule has 1 amide bonds. The van der Waals surface area contributed by atoms with Crippen LogP contribution in [0.4, 0.5) is 11.5 Å². The molecule has 1 aliphatic rings. The van der Waals surface area contributed by atoms with Gasteiger partial charge in [0.1, 0.15) is 11.5 Å². The first-order valence-corrected chi connectivity index (χ1v) is 7.20. The van der Waals surface area contributed by atoms with Crippen LogP contribution < -0.4 is 10.6 Å². The minimum Gasteiger partial charge on any atom is -0.372 e.